The van der Waals surface area contributed by atoms with Crippen molar-refractivity contribution < 1.29 is 14.7 Å². The van der Waals surface area contributed by atoms with Gasteiger partial charge in [-0.05, 0) is 42.3 Å². The van der Waals surface area contributed by atoms with Crippen molar-refractivity contribution in [1.82, 2.24) is 30.1 Å². The molecule has 0 bridgehead atoms. The number of carbonyl (C=O) groups is 1. The van der Waals surface area contributed by atoms with Crippen LogP contribution in [0.25, 0.3) is 32.9 Å². The van der Waals surface area contributed by atoms with Crippen LogP contribution in [-0.2, 0) is 4.79 Å². The van der Waals surface area contributed by atoms with Crippen molar-refractivity contribution in [2.45, 2.75) is 6.92 Å². The molecule has 0 aliphatic carbocycles. The first kappa shape index (κ1) is 24.9. The van der Waals surface area contributed by atoms with Crippen molar-refractivity contribution in [3.63, 3.8) is 0 Å². The second kappa shape index (κ2) is 10.3. The lowest BCUT2D eigenvalue weighted by Gasteiger charge is -2.35. The van der Waals surface area contributed by atoms with Gasteiger partial charge in [0.15, 0.2) is 0 Å². The molecule has 1 amide bonds. The summed E-state index contributed by atoms with van der Waals surface area (Å²) in [6.07, 6.45) is 3.14. The van der Waals surface area contributed by atoms with Crippen LogP contribution in [0.15, 0.2) is 43.1 Å². The zero-order chi connectivity index (χ0) is 26.1. The zero-order valence-corrected chi connectivity index (χ0v) is 21.5. The number of hydrogen-bond donors (Lipinski definition) is 2. The molecule has 1 fully saturated rings. The van der Waals surface area contributed by atoms with Crippen LogP contribution in [0.5, 0.6) is 6.01 Å². The Morgan fingerprint density at radius 2 is 2.03 bits per heavy atom. The first-order valence-corrected chi connectivity index (χ1v) is 12.4. The largest absolute Gasteiger partial charge is 0.462 e. The number of hydrogen-bond acceptors (Lipinski definition) is 8. The van der Waals surface area contributed by atoms with Gasteiger partial charge in [0.1, 0.15) is 12.4 Å². The van der Waals surface area contributed by atoms with Crippen LogP contribution in [0, 0.1) is 6.92 Å². The van der Waals surface area contributed by atoms with Crippen LogP contribution >= 0.6 is 11.6 Å². The zero-order valence-electron chi connectivity index (χ0n) is 20.7. The Hall–Kier alpha value is -3.73. The number of carbonyl (C=O) groups excluding carboxylic acids is 1. The third-order valence-electron chi connectivity index (χ3n) is 6.56. The molecule has 10 nitrogen and oxygen atoms in total. The fraction of sp³-hybridized carbons (Fsp3) is 0.308. The highest BCUT2D eigenvalue weighted by atomic mass is 35.5. The van der Waals surface area contributed by atoms with Gasteiger partial charge in [0.05, 0.1) is 23.8 Å². The molecule has 1 saturated heterocycles. The van der Waals surface area contributed by atoms with E-state index in [0.717, 1.165) is 38.0 Å². The minimum atomic E-state index is -0.0826. The summed E-state index contributed by atoms with van der Waals surface area (Å²) < 4.78 is 5.81. The predicted molar refractivity (Wildman–Crippen MR) is 143 cm³/mol. The van der Waals surface area contributed by atoms with E-state index < -0.39 is 0 Å². The number of likely N-dealkylation sites (N-methyl/N-ethyl adjacent to an activating group) is 1. The molecule has 4 aromatic rings. The van der Waals surface area contributed by atoms with Gasteiger partial charge >= 0.3 is 6.01 Å². The van der Waals surface area contributed by atoms with Crippen LogP contribution in [0.3, 0.4) is 0 Å². The van der Waals surface area contributed by atoms with Gasteiger partial charge < -0.3 is 19.7 Å². The van der Waals surface area contributed by atoms with Gasteiger partial charge in [-0.2, -0.15) is 20.1 Å². The Morgan fingerprint density at radius 1 is 1.24 bits per heavy atom. The Balaban J connectivity index is 1.60. The van der Waals surface area contributed by atoms with E-state index in [1.807, 2.05) is 31.2 Å². The number of piperazine rings is 1. The topological polar surface area (TPSA) is 111 Å². The number of H-pyrrole nitrogens is 1. The highest BCUT2D eigenvalue weighted by Crippen LogP contribution is 2.39. The minimum absolute atomic E-state index is 0.0826. The molecule has 2 N–H and O–H groups in total. The summed E-state index contributed by atoms with van der Waals surface area (Å²) in [6.45, 7) is 8.43. The molecule has 2 aromatic heterocycles. The Labute approximate surface area is 219 Å². The summed E-state index contributed by atoms with van der Waals surface area (Å²) in [4.78, 5) is 25.3. The van der Waals surface area contributed by atoms with Gasteiger partial charge in [-0.3, -0.25) is 9.89 Å². The third-order valence-corrected chi connectivity index (χ3v) is 6.87. The summed E-state index contributed by atoms with van der Waals surface area (Å²) >= 11 is 6.90. The average molecular weight is 522 g/mol. The first-order valence-electron chi connectivity index (χ1n) is 12.0. The molecule has 192 valence electrons. The number of hydroxylamine groups is 2. The number of amides is 1. The number of halogens is 1. The Morgan fingerprint density at radius 3 is 2.76 bits per heavy atom. The molecule has 5 rings (SSSR count). The van der Waals surface area contributed by atoms with Gasteiger partial charge in [-0.25, -0.2) is 0 Å². The number of fused-ring (bicyclic) bond motifs is 2. The van der Waals surface area contributed by atoms with E-state index in [4.69, 9.17) is 21.3 Å². The lowest BCUT2D eigenvalue weighted by Crippen LogP contribution is -2.48. The highest BCUT2D eigenvalue weighted by molar-refractivity contribution is 6.35. The summed E-state index contributed by atoms with van der Waals surface area (Å²) in [5.41, 5.74) is 4.49. The maximum absolute atomic E-state index is 12.1. The fourth-order valence-electron chi connectivity index (χ4n) is 4.63. The maximum atomic E-state index is 12.1. The van der Waals surface area contributed by atoms with Crippen molar-refractivity contribution in [1.29, 1.82) is 0 Å². The molecule has 11 heteroatoms. The van der Waals surface area contributed by atoms with Crippen LogP contribution in [0.2, 0.25) is 5.02 Å². The molecule has 0 unspecified atom stereocenters. The van der Waals surface area contributed by atoms with Crippen molar-refractivity contribution in [3.05, 3.63) is 53.7 Å². The number of nitrogens with one attached hydrogen (secondary N) is 1. The quantitative estimate of drug-likeness (QED) is 0.280. The first-order chi connectivity index (χ1) is 17.9. The van der Waals surface area contributed by atoms with Crippen molar-refractivity contribution in [3.8, 4) is 17.1 Å². The smallest absolute Gasteiger partial charge is 0.318 e. The number of aromatic nitrogens is 4. The summed E-state index contributed by atoms with van der Waals surface area (Å²) in [5, 5.41) is 20.1. The van der Waals surface area contributed by atoms with Gasteiger partial charge in [-0.15, -0.1) is 0 Å². The summed E-state index contributed by atoms with van der Waals surface area (Å²) in [7, 11) is 1.55. The molecule has 2 aromatic carbocycles. The second-order valence-electron chi connectivity index (χ2n) is 9.01. The van der Waals surface area contributed by atoms with Gasteiger partial charge in [-0.1, -0.05) is 24.2 Å². The number of rotatable bonds is 7. The molecule has 0 saturated carbocycles. The number of aryl methyl sites for hydroxylation is 1. The molecule has 3 heterocycles. The molecule has 0 atom stereocenters. The van der Waals surface area contributed by atoms with Crippen molar-refractivity contribution >= 4 is 45.1 Å². The fourth-order valence-corrected chi connectivity index (χ4v) is 4.89. The van der Waals surface area contributed by atoms with E-state index in [1.165, 1.54) is 6.08 Å². The second-order valence-corrected chi connectivity index (χ2v) is 9.42. The van der Waals surface area contributed by atoms with E-state index in [-0.39, 0.29) is 18.5 Å². The van der Waals surface area contributed by atoms with Gasteiger partial charge in [0, 0.05) is 54.6 Å². The molecule has 1 aliphatic rings. The van der Waals surface area contributed by atoms with Crippen LogP contribution in [0.4, 0.5) is 5.82 Å². The van der Waals surface area contributed by atoms with E-state index in [2.05, 4.69) is 26.7 Å². The number of benzene rings is 2. The molecule has 37 heavy (non-hydrogen) atoms. The highest BCUT2D eigenvalue weighted by Gasteiger charge is 2.24. The lowest BCUT2D eigenvalue weighted by atomic mass is 9.96. The van der Waals surface area contributed by atoms with Gasteiger partial charge in [0.2, 0.25) is 5.91 Å². The van der Waals surface area contributed by atoms with Crippen LogP contribution in [-0.4, -0.2) is 87.6 Å². The van der Waals surface area contributed by atoms with Crippen molar-refractivity contribution in [2.75, 3.05) is 51.3 Å². The van der Waals surface area contributed by atoms with E-state index >= 15 is 0 Å². The summed E-state index contributed by atoms with van der Waals surface area (Å²) in [5.74, 6) is 0.607. The van der Waals surface area contributed by atoms with E-state index in [0.29, 0.717) is 49.1 Å². The van der Waals surface area contributed by atoms with Crippen LogP contribution in [0.1, 0.15) is 5.56 Å². The maximum Gasteiger partial charge on any atom is 0.318 e. The molecule has 0 radical (unpaired) electrons. The lowest BCUT2D eigenvalue weighted by molar-refractivity contribution is -0.126. The Kier molecular flexibility index (Phi) is 6.96. The molecular formula is C26H28ClN7O3. The third kappa shape index (κ3) is 4.95. The van der Waals surface area contributed by atoms with E-state index in [1.54, 1.807) is 18.1 Å². The normalized spacial score (nSPS) is 14.1. The predicted octanol–water partition coefficient (Wildman–Crippen LogP) is 3.67. The standard InChI is InChI=1S/C26H28ClN7O3/c1-4-23(35)33-7-9-34(10-8-33)25-18-13-20(27)17(24-16(2)5-6-21-19(24)15-28-31-21)14-22(18)29-26(30-25)37-12-11-32(3)36/h4-6,13-15,36H,1,7-12H2,2-3H3,(H,28,31). The minimum Gasteiger partial charge on any atom is -0.462 e. The van der Waals surface area contributed by atoms with E-state index in [9.17, 15) is 10.0 Å². The summed E-state index contributed by atoms with van der Waals surface area (Å²) in [6, 6.07) is 8.09. The number of nitrogens with zero attached hydrogens (tertiary/aromatic N) is 6. The van der Waals surface area contributed by atoms with Crippen LogP contribution < -0.4 is 9.64 Å². The number of ether oxygens (including phenoxy) is 1. The van der Waals surface area contributed by atoms with Gasteiger partial charge in [0.25, 0.3) is 0 Å². The SMILES string of the molecule is C=CC(=O)N1CCN(c2nc(OCCN(C)O)nc3cc(-c4c(C)ccc5[nH]ncc45)c(Cl)cc23)CC1. The number of anilines is 1. The average Bonchev–Trinajstić information content (AvgIpc) is 3.37. The molecular weight excluding hydrogens is 494 g/mol. The monoisotopic (exact) mass is 521 g/mol. The molecule has 0 spiro atoms. The Bertz CT molecular complexity index is 1480. The molecule has 1 aliphatic heterocycles. The number of aromatic amines is 1. The van der Waals surface area contributed by atoms with Crippen molar-refractivity contribution in [2.24, 2.45) is 0 Å².